The Morgan fingerprint density at radius 1 is 1.21 bits per heavy atom. The van der Waals surface area contributed by atoms with E-state index in [0.717, 1.165) is 32.5 Å². The molecule has 82 valence electrons. The molecule has 0 saturated carbocycles. The third-order valence-corrected chi connectivity index (χ3v) is 2.65. The van der Waals surface area contributed by atoms with E-state index in [0.29, 0.717) is 12.3 Å². The molecule has 0 bridgehead atoms. The van der Waals surface area contributed by atoms with Crippen LogP contribution in [-0.4, -0.2) is 35.6 Å². The van der Waals surface area contributed by atoms with Crippen LogP contribution in [0.1, 0.15) is 46.0 Å². The first kappa shape index (κ1) is 11.5. The minimum Gasteiger partial charge on any atom is -0.275 e. The third kappa shape index (κ3) is 2.98. The number of carbonyl (C=O) groups is 1. The average molecular weight is 198 g/mol. The molecule has 1 aliphatic heterocycles. The second kappa shape index (κ2) is 6.02. The smallest absolute Gasteiger partial charge is 0.236 e. The normalized spacial score (nSPS) is 17.7. The van der Waals surface area contributed by atoms with Gasteiger partial charge in [0.2, 0.25) is 5.91 Å². The first-order valence-corrected chi connectivity index (χ1v) is 5.84. The summed E-state index contributed by atoms with van der Waals surface area (Å²) in [6, 6.07) is 0. The summed E-state index contributed by atoms with van der Waals surface area (Å²) in [7, 11) is 0. The highest BCUT2D eigenvalue weighted by atomic mass is 16.2. The first-order chi connectivity index (χ1) is 6.79. The van der Waals surface area contributed by atoms with E-state index in [9.17, 15) is 4.79 Å². The van der Waals surface area contributed by atoms with Crippen LogP contribution in [0.2, 0.25) is 0 Å². The summed E-state index contributed by atoms with van der Waals surface area (Å²) < 4.78 is 0. The fourth-order valence-corrected chi connectivity index (χ4v) is 1.86. The van der Waals surface area contributed by atoms with Gasteiger partial charge in [-0.05, 0) is 19.3 Å². The summed E-state index contributed by atoms with van der Waals surface area (Å²) in [4.78, 5) is 11.7. The van der Waals surface area contributed by atoms with Crippen molar-refractivity contribution in [3.63, 3.8) is 0 Å². The van der Waals surface area contributed by atoms with E-state index in [-0.39, 0.29) is 0 Å². The van der Waals surface area contributed by atoms with Gasteiger partial charge in [-0.3, -0.25) is 9.80 Å². The zero-order valence-corrected chi connectivity index (χ0v) is 9.46. The van der Waals surface area contributed by atoms with Crippen LogP contribution in [0.4, 0.5) is 0 Å². The zero-order chi connectivity index (χ0) is 10.4. The van der Waals surface area contributed by atoms with Crippen molar-refractivity contribution in [2.45, 2.75) is 46.0 Å². The van der Waals surface area contributed by atoms with Crippen molar-refractivity contribution in [3.05, 3.63) is 0 Å². The number of unbranched alkanes of at least 4 members (excludes halogenated alkanes) is 1. The Labute approximate surface area is 87.0 Å². The van der Waals surface area contributed by atoms with Gasteiger partial charge >= 0.3 is 0 Å². The predicted molar refractivity (Wildman–Crippen MR) is 57.7 cm³/mol. The van der Waals surface area contributed by atoms with Crippen LogP contribution in [0.15, 0.2) is 0 Å². The van der Waals surface area contributed by atoms with Crippen molar-refractivity contribution < 1.29 is 4.79 Å². The minimum absolute atomic E-state index is 0.307. The summed E-state index contributed by atoms with van der Waals surface area (Å²) in [6.45, 7) is 7.29. The van der Waals surface area contributed by atoms with E-state index in [1.165, 1.54) is 12.8 Å². The molecule has 1 fully saturated rings. The number of hydrogen-bond donors (Lipinski definition) is 0. The molecule has 0 aromatic heterocycles. The molecule has 3 heteroatoms. The summed E-state index contributed by atoms with van der Waals surface area (Å²) in [5.74, 6) is 0.307. The highest BCUT2D eigenvalue weighted by Gasteiger charge is 2.24. The van der Waals surface area contributed by atoms with Crippen LogP contribution in [-0.2, 0) is 4.79 Å². The largest absolute Gasteiger partial charge is 0.275 e. The maximum Gasteiger partial charge on any atom is 0.236 e. The van der Waals surface area contributed by atoms with Gasteiger partial charge in [0.1, 0.15) is 0 Å². The van der Waals surface area contributed by atoms with E-state index < -0.39 is 0 Å². The zero-order valence-electron chi connectivity index (χ0n) is 9.46. The lowest BCUT2D eigenvalue weighted by molar-refractivity contribution is -0.143. The second-order valence-corrected chi connectivity index (χ2v) is 3.93. The SMILES string of the molecule is CCCCN1CCCN1C(=O)CCC. The van der Waals surface area contributed by atoms with Crippen LogP contribution < -0.4 is 0 Å². The van der Waals surface area contributed by atoms with Crippen LogP contribution in [0.5, 0.6) is 0 Å². The van der Waals surface area contributed by atoms with E-state index in [2.05, 4.69) is 18.9 Å². The van der Waals surface area contributed by atoms with Gasteiger partial charge in [-0.25, -0.2) is 5.01 Å². The van der Waals surface area contributed by atoms with Crippen LogP contribution in [0.3, 0.4) is 0 Å². The Bertz CT molecular complexity index is 182. The van der Waals surface area contributed by atoms with Crippen molar-refractivity contribution in [3.8, 4) is 0 Å². The highest BCUT2D eigenvalue weighted by molar-refractivity contribution is 5.75. The number of carbonyl (C=O) groups excluding carboxylic acids is 1. The number of rotatable bonds is 5. The number of hydrazine groups is 1. The standard InChI is InChI=1S/C11H22N2O/c1-3-5-8-12-9-6-10-13(12)11(14)7-4-2/h3-10H2,1-2H3. The van der Waals surface area contributed by atoms with Crippen molar-refractivity contribution in [2.75, 3.05) is 19.6 Å². The topological polar surface area (TPSA) is 23.6 Å². The van der Waals surface area contributed by atoms with Gasteiger partial charge in [-0.2, -0.15) is 0 Å². The third-order valence-electron chi connectivity index (χ3n) is 2.65. The van der Waals surface area contributed by atoms with Crippen molar-refractivity contribution in [1.82, 2.24) is 10.0 Å². The van der Waals surface area contributed by atoms with E-state index in [1.54, 1.807) is 0 Å². The van der Waals surface area contributed by atoms with E-state index in [4.69, 9.17) is 0 Å². The first-order valence-electron chi connectivity index (χ1n) is 5.84. The molecule has 0 unspecified atom stereocenters. The Balaban J connectivity index is 2.38. The molecule has 1 saturated heterocycles. The van der Waals surface area contributed by atoms with Gasteiger partial charge in [-0.1, -0.05) is 20.3 Å². The Morgan fingerprint density at radius 2 is 2.00 bits per heavy atom. The average Bonchev–Trinajstić information content (AvgIpc) is 2.63. The summed E-state index contributed by atoms with van der Waals surface area (Å²) in [5.41, 5.74) is 0. The van der Waals surface area contributed by atoms with Gasteiger partial charge in [0.05, 0.1) is 0 Å². The molecule has 1 amide bonds. The molecule has 0 radical (unpaired) electrons. The summed E-state index contributed by atoms with van der Waals surface area (Å²) >= 11 is 0. The second-order valence-electron chi connectivity index (χ2n) is 3.93. The Hall–Kier alpha value is -0.570. The molecule has 1 aliphatic rings. The van der Waals surface area contributed by atoms with Crippen LogP contribution in [0, 0.1) is 0 Å². The lowest BCUT2D eigenvalue weighted by Gasteiger charge is -2.27. The molecule has 0 aromatic rings. The number of hydrogen-bond acceptors (Lipinski definition) is 2. The molecule has 0 spiro atoms. The molecule has 3 nitrogen and oxygen atoms in total. The lowest BCUT2D eigenvalue weighted by atomic mass is 10.3. The van der Waals surface area contributed by atoms with Crippen molar-refractivity contribution in [1.29, 1.82) is 0 Å². The van der Waals surface area contributed by atoms with Crippen molar-refractivity contribution >= 4 is 5.91 Å². The van der Waals surface area contributed by atoms with Gasteiger partial charge in [-0.15, -0.1) is 0 Å². The number of amides is 1. The van der Waals surface area contributed by atoms with Gasteiger partial charge in [0.15, 0.2) is 0 Å². The molecule has 0 N–H and O–H groups in total. The molecule has 0 aliphatic carbocycles. The fraction of sp³-hybridized carbons (Fsp3) is 0.909. The van der Waals surface area contributed by atoms with Crippen LogP contribution >= 0.6 is 0 Å². The molecule has 1 rings (SSSR count). The van der Waals surface area contributed by atoms with Crippen molar-refractivity contribution in [2.24, 2.45) is 0 Å². The summed E-state index contributed by atoms with van der Waals surface area (Å²) in [6.07, 6.45) is 5.18. The Morgan fingerprint density at radius 3 is 2.64 bits per heavy atom. The van der Waals surface area contributed by atoms with E-state index >= 15 is 0 Å². The minimum atomic E-state index is 0.307. The molecule has 0 aromatic carbocycles. The van der Waals surface area contributed by atoms with Gasteiger partial charge in [0.25, 0.3) is 0 Å². The number of nitrogens with zero attached hydrogens (tertiary/aromatic N) is 2. The summed E-state index contributed by atoms with van der Waals surface area (Å²) in [5, 5.41) is 4.18. The van der Waals surface area contributed by atoms with Crippen LogP contribution in [0.25, 0.3) is 0 Å². The predicted octanol–water partition coefficient (Wildman–Crippen LogP) is 2.04. The van der Waals surface area contributed by atoms with Gasteiger partial charge in [0, 0.05) is 26.1 Å². The van der Waals surface area contributed by atoms with E-state index in [1.807, 2.05) is 5.01 Å². The molecule has 1 heterocycles. The Kier molecular flexibility index (Phi) is 4.94. The fourth-order valence-electron chi connectivity index (χ4n) is 1.86. The molecule has 0 atom stereocenters. The van der Waals surface area contributed by atoms with Gasteiger partial charge < -0.3 is 0 Å². The highest BCUT2D eigenvalue weighted by Crippen LogP contribution is 2.13. The monoisotopic (exact) mass is 198 g/mol. The molecular formula is C11H22N2O. The maximum atomic E-state index is 11.7. The quantitative estimate of drug-likeness (QED) is 0.675. The molecular weight excluding hydrogens is 176 g/mol. The maximum absolute atomic E-state index is 11.7. The molecule has 14 heavy (non-hydrogen) atoms. The lowest BCUT2D eigenvalue weighted by Crippen LogP contribution is -2.41.